The molecule has 1 aliphatic carbocycles. The smallest absolute Gasteiger partial charge is 0.284 e. The van der Waals surface area contributed by atoms with E-state index in [1.165, 1.54) is 12.1 Å². The van der Waals surface area contributed by atoms with Gasteiger partial charge >= 0.3 is 0 Å². The molecular formula is C19H15N3O4. The first-order chi connectivity index (χ1) is 12.4. The van der Waals surface area contributed by atoms with E-state index in [2.05, 4.69) is 4.98 Å². The van der Waals surface area contributed by atoms with E-state index in [-0.39, 0.29) is 17.5 Å². The highest BCUT2D eigenvalue weighted by molar-refractivity contribution is 6.32. The Hall–Kier alpha value is -3.29. The summed E-state index contributed by atoms with van der Waals surface area (Å²) >= 11 is 0. The first-order valence-electron chi connectivity index (χ1n) is 7.98. The summed E-state index contributed by atoms with van der Waals surface area (Å²) in [6.07, 6.45) is 1.49. The molecule has 130 valence electrons. The van der Waals surface area contributed by atoms with Gasteiger partial charge in [0.25, 0.3) is 5.72 Å². The van der Waals surface area contributed by atoms with E-state index in [4.69, 9.17) is 5.84 Å². The normalized spacial score (nSPS) is 15.3. The van der Waals surface area contributed by atoms with Crippen molar-refractivity contribution in [2.75, 3.05) is 0 Å². The summed E-state index contributed by atoms with van der Waals surface area (Å²) in [6.45, 7) is 0. The highest BCUT2D eigenvalue weighted by Crippen LogP contribution is 2.32. The molecule has 0 atom stereocenters. The lowest BCUT2D eigenvalue weighted by Crippen LogP contribution is -2.62. The summed E-state index contributed by atoms with van der Waals surface area (Å²) in [6, 6.07) is 13.4. The number of amides is 1. The highest BCUT2D eigenvalue weighted by Gasteiger charge is 2.57. The van der Waals surface area contributed by atoms with Gasteiger partial charge in [-0.15, -0.1) is 0 Å². The van der Waals surface area contributed by atoms with Crippen LogP contribution in [0, 0.1) is 0 Å². The van der Waals surface area contributed by atoms with Crippen molar-refractivity contribution in [3.8, 4) is 0 Å². The van der Waals surface area contributed by atoms with Crippen LogP contribution in [0.15, 0.2) is 54.7 Å². The minimum atomic E-state index is -2.72. The number of carbonyl (C=O) groups excluding carboxylic acids is 3. The lowest BCUT2D eigenvalue weighted by Gasteiger charge is -2.29. The molecule has 0 unspecified atom stereocenters. The van der Waals surface area contributed by atoms with Crippen LogP contribution in [0.5, 0.6) is 0 Å². The lowest BCUT2D eigenvalue weighted by atomic mass is 10.1. The van der Waals surface area contributed by atoms with E-state index in [0.717, 1.165) is 10.9 Å². The van der Waals surface area contributed by atoms with Crippen molar-refractivity contribution in [2.45, 2.75) is 12.1 Å². The Morgan fingerprint density at radius 2 is 1.62 bits per heavy atom. The molecule has 0 spiro atoms. The number of fused-ring (bicyclic) bond motifs is 2. The molecule has 3 aromatic rings. The number of carbonyl (C=O) groups is 3. The molecule has 0 aliphatic heterocycles. The molecule has 0 radical (unpaired) electrons. The highest BCUT2D eigenvalue weighted by atomic mass is 16.3. The zero-order valence-electron chi connectivity index (χ0n) is 13.6. The number of hydrogen-bond acceptors (Lipinski definition) is 5. The van der Waals surface area contributed by atoms with Gasteiger partial charge in [0, 0.05) is 28.2 Å². The quantitative estimate of drug-likeness (QED) is 0.216. The number of aromatic nitrogens is 1. The first kappa shape index (κ1) is 16.2. The minimum absolute atomic E-state index is 0.0512. The number of aromatic amines is 1. The summed E-state index contributed by atoms with van der Waals surface area (Å²) in [4.78, 5) is 40.7. The largest absolute Gasteiger partial charge is 0.361 e. The molecule has 7 nitrogen and oxygen atoms in total. The minimum Gasteiger partial charge on any atom is -0.361 e. The number of Topliss-reactive ketones (excluding diaryl/α,β-unsaturated/α-hetero) is 2. The molecule has 0 saturated carbocycles. The maximum Gasteiger partial charge on any atom is 0.284 e. The van der Waals surface area contributed by atoms with Crippen LogP contribution in [-0.2, 0) is 11.2 Å². The second-order valence-electron chi connectivity index (χ2n) is 6.18. The number of rotatable bonds is 3. The molecule has 4 N–H and O–H groups in total. The zero-order valence-corrected chi connectivity index (χ0v) is 13.6. The van der Waals surface area contributed by atoms with Crippen molar-refractivity contribution in [2.24, 2.45) is 5.84 Å². The van der Waals surface area contributed by atoms with Crippen molar-refractivity contribution in [1.82, 2.24) is 9.99 Å². The van der Waals surface area contributed by atoms with E-state index >= 15 is 0 Å². The van der Waals surface area contributed by atoms with Crippen LogP contribution in [0.25, 0.3) is 10.9 Å². The van der Waals surface area contributed by atoms with Crippen molar-refractivity contribution in [1.29, 1.82) is 0 Å². The number of ketones is 2. The van der Waals surface area contributed by atoms with Crippen LogP contribution in [0.3, 0.4) is 0 Å². The third-order valence-corrected chi connectivity index (χ3v) is 4.68. The Kier molecular flexibility index (Phi) is 3.50. The van der Waals surface area contributed by atoms with Gasteiger partial charge in [-0.25, -0.2) is 10.9 Å². The molecule has 1 aromatic heterocycles. The third-order valence-electron chi connectivity index (χ3n) is 4.68. The van der Waals surface area contributed by atoms with Gasteiger partial charge in [0.1, 0.15) is 0 Å². The van der Waals surface area contributed by atoms with Gasteiger partial charge < -0.3 is 10.1 Å². The Morgan fingerprint density at radius 1 is 1.04 bits per heavy atom. The van der Waals surface area contributed by atoms with Gasteiger partial charge in [0.05, 0.1) is 6.42 Å². The lowest BCUT2D eigenvalue weighted by molar-refractivity contribution is -0.144. The number of nitrogens with two attached hydrogens (primary N) is 1. The number of nitrogens with one attached hydrogen (secondary N) is 1. The fourth-order valence-electron chi connectivity index (χ4n) is 3.28. The van der Waals surface area contributed by atoms with Gasteiger partial charge in [0.15, 0.2) is 0 Å². The molecule has 1 heterocycles. The van der Waals surface area contributed by atoms with Crippen LogP contribution in [0.2, 0.25) is 0 Å². The molecule has 0 bridgehead atoms. The summed E-state index contributed by atoms with van der Waals surface area (Å²) in [5.74, 6) is 3.22. The Labute approximate surface area is 148 Å². The van der Waals surface area contributed by atoms with Crippen molar-refractivity contribution >= 4 is 28.4 Å². The van der Waals surface area contributed by atoms with Crippen molar-refractivity contribution in [3.63, 3.8) is 0 Å². The van der Waals surface area contributed by atoms with Gasteiger partial charge in [-0.3, -0.25) is 14.4 Å². The maximum absolute atomic E-state index is 12.6. The second kappa shape index (κ2) is 5.62. The number of aliphatic hydroxyl groups is 1. The topological polar surface area (TPSA) is 116 Å². The number of hydrogen-bond donors (Lipinski definition) is 3. The zero-order chi connectivity index (χ0) is 18.5. The molecular weight excluding hydrogens is 334 g/mol. The van der Waals surface area contributed by atoms with Crippen LogP contribution in [0.1, 0.15) is 26.3 Å². The van der Waals surface area contributed by atoms with E-state index in [1.54, 1.807) is 18.3 Å². The number of para-hydroxylation sites is 1. The van der Waals surface area contributed by atoms with Gasteiger partial charge in [-0.05, 0) is 11.6 Å². The van der Waals surface area contributed by atoms with Crippen molar-refractivity contribution < 1.29 is 19.5 Å². The van der Waals surface area contributed by atoms with Gasteiger partial charge in [-0.1, -0.05) is 42.5 Å². The Morgan fingerprint density at radius 3 is 2.27 bits per heavy atom. The monoisotopic (exact) mass is 349 g/mol. The summed E-state index contributed by atoms with van der Waals surface area (Å²) < 4.78 is 0. The van der Waals surface area contributed by atoms with Crippen LogP contribution < -0.4 is 5.84 Å². The number of nitrogens with zero attached hydrogens (tertiary/aromatic N) is 1. The standard InChI is InChI=1S/C19H15N3O4/c20-22(16(23)9-11-10-21-15-8-4-3-5-12(11)15)19(26)17(24)13-6-1-2-7-14(13)18(19)25/h1-8,10,21,26H,9,20H2. The molecule has 4 rings (SSSR count). The number of benzene rings is 2. The molecule has 7 heteroatoms. The molecule has 1 amide bonds. The van der Waals surface area contributed by atoms with Crippen LogP contribution in [0.4, 0.5) is 0 Å². The molecule has 2 aromatic carbocycles. The van der Waals surface area contributed by atoms with Crippen LogP contribution in [-0.4, -0.2) is 38.3 Å². The predicted octanol–water partition coefficient (Wildman–Crippen LogP) is 1.18. The summed E-state index contributed by atoms with van der Waals surface area (Å²) in [7, 11) is 0. The summed E-state index contributed by atoms with van der Waals surface area (Å²) in [5.41, 5.74) is -1.11. The Balaban J connectivity index is 1.65. The average Bonchev–Trinajstić information content (AvgIpc) is 3.16. The predicted molar refractivity (Wildman–Crippen MR) is 93.1 cm³/mol. The van der Waals surface area contributed by atoms with E-state index in [0.29, 0.717) is 10.6 Å². The average molecular weight is 349 g/mol. The van der Waals surface area contributed by atoms with E-state index in [1.807, 2.05) is 24.3 Å². The molecule has 1 aliphatic rings. The fourth-order valence-corrected chi connectivity index (χ4v) is 3.28. The van der Waals surface area contributed by atoms with Gasteiger partial charge in [0.2, 0.25) is 17.5 Å². The second-order valence-corrected chi connectivity index (χ2v) is 6.18. The van der Waals surface area contributed by atoms with E-state index in [9.17, 15) is 19.5 Å². The Bertz CT molecular complexity index is 1030. The third kappa shape index (κ3) is 2.11. The van der Waals surface area contributed by atoms with Crippen molar-refractivity contribution in [3.05, 3.63) is 71.4 Å². The first-order valence-corrected chi connectivity index (χ1v) is 7.98. The van der Waals surface area contributed by atoms with Gasteiger partial charge in [-0.2, -0.15) is 0 Å². The SMILES string of the molecule is NN(C(=O)Cc1c[nH]c2ccccc12)C1(O)C(=O)c2ccccc2C1=O. The summed E-state index contributed by atoms with van der Waals surface area (Å²) in [5, 5.41) is 11.9. The molecule has 0 saturated heterocycles. The molecule has 26 heavy (non-hydrogen) atoms. The fraction of sp³-hybridized carbons (Fsp3) is 0.105. The number of hydrazine groups is 1. The number of H-pyrrole nitrogens is 1. The van der Waals surface area contributed by atoms with E-state index < -0.39 is 23.2 Å². The van der Waals surface area contributed by atoms with Crippen LogP contribution >= 0.6 is 0 Å². The molecule has 0 fully saturated rings. The maximum atomic E-state index is 12.6.